The van der Waals surface area contributed by atoms with Gasteiger partial charge < -0.3 is 18.9 Å². The van der Waals surface area contributed by atoms with Crippen LogP contribution in [0.15, 0.2) is 0 Å². The third kappa shape index (κ3) is 10.2. The lowest BCUT2D eigenvalue weighted by Gasteiger charge is -2.05. The van der Waals surface area contributed by atoms with E-state index >= 15 is 0 Å². The van der Waals surface area contributed by atoms with Gasteiger partial charge in [-0.05, 0) is 0 Å². The van der Waals surface area contributed by atoms with Crippen molar-refractivity contribution in [2.45, 2.75) is 0 Å². The average Bonchev–Trinajstić information content (AvgIpc) is 2.19. The zero-order chi connectivity index (χ0) is 12.4. The smallest absolute Gasteiger partial charge is 0.437 e. The molecule has 0 saturated heterocycles. The van der Waals surface area contributed by atoms with Crippen LogP contribution in [0.2, 0.25) is 0 Å². The minimum atomic E-state index is -1.99. The number of carbonyl (C=O) groups excluding carboxylic acids is 3. The fraction of sp³-hybridized carbons (Fsp3) is 0.571. The molecular formula is C7H8F2O7. The van der Waals surface area contributed by atoms with Crippen LogP contribution in [0.3, 0.4) is 0 Å². The zero-order valence-electron chi connectivity index (χ0n) is 7.94. The topological polar surface area (TPSA) is 88.1 Å². The molecule has 0 fully saturated rings. The van der Waals surface area contributed by atoms with Crippen molar-refractivity contribution in [1.29, 1.82) is 0 Å². The molecule has 0 aliphatic heterocycles. The van der Waals surface area contributed by atoms with Gasteiger partial charge in [0.05, 0.1) is 0 Å². The highest BCUT2D eigenvalue weighted by Gasteiger charge is 2.05. The number of hydrogen-bond donors (Lipinski definition) is 0. The summed E-state index contributed by atoms with van der Waals surface area (Å²) < 4.78 is 39.0. The lowest BCUT2D eigenvalue weighted by atomic mass is 10.8. The predicted octanol–water partition coefficient (Wildman–Crippen LogP) is 1.35. The van der Waals surface area contributed by atoms with Crippen LogP contribution >= 0.6 is 0 Å². The third-order valence-corrected chi connectivity index (χ3v) is 1.04. The third-order valence-electron chi connectivity index (χ3n) is 1.04. The first-order valence-corrected chi connectivity index (χ1v) is 3.96. The van der Waals surface area contributed by atoms with E-state index in [1.54, 1.807) is 0 Å². The normalized spacial score (nSPS) is 9.12. The van der Waals surface area contributed by atoms with Crippen LogP contribution in [0, 0.1) is 0 Å². The Morgan fingerprint density at radius 3 is 1.31 bits per heavy atom. The van der Waals surface area contributed by atoms with E-state index in [1.165, 1.54) is 0 Å². The number of halogens is 2. The largest absolute Gasteiger partial charge is 0.508 e. The van der Waals surface area contributed by atoms with Gasteiger partial charge in [0.15, 0.2) is 0 Å². The van der Waals surface area contributed by atoms with Crippen molar-refractivity contribution in [3.63, 3.8) is 0 Å². The Hall–Kier alpha value is -1.93. The van der Waals surface area contributed by atoms with Crippen molar-refractivity contribution < 1.29 is 42.1 Å². The van der Waals surface area contributed by atoms with Crippen molar-refractivity contribution in [3.8, 4) is 0 Å². The SMILES string of the molecule is O=C(F)OCCOC(=O)OCCOC(=O)F. The van der Waals surface area contributed by atoms with Gasteiger partial charge in [-0.2, -0.15) is 0 Å². The quantitative estimate of drug-likeness (QED) is 0.300. The molecule has 0 amide bonds. The van der Waals surface area contributed by atoms with Crippen LogP contribution in [0.25, 0.3) is 0 Å². The molecule has 0 bridgehead atoms. The van der Waals surface area contributed by atoms with E-state index in [9.17, 15) is 23.2 Å². The second kappa shape index (κ2) is 8.38. The van der Waals surface area contributed by atoms with Gasteiger partial charge in [-0.1, -0.05) is 0 Å². The molecule has 16 heavy (non-hydrogen) atoms. The minimum absolute atomic E-state index is 0.391. The molecule has 0 spiro atoms. The monoisotopic (exact) mass is 242 g/mol. The lowest BCUT2D eigenvalue weighted by Crippen LogP contribution is -2.15. The molecule has 0 heterocycles. The highest BCUT2D eigenvalue weighted by Crippen LogP contribution is 1.89. The van der Waals surface area contributed by atoms with Gasteiger partial charge in [-0.25, -0.2) is 14.4 Å². The van der Waals surface area contributed by atoms with Gasteiger partial charge in [-0.3, -0.25) is 0 Å². The van der Waals surface area contributed by atoms with Gasteiger partial charge >= 0.3 is 18.6 Å². The van der Waals surface area contributed by atoms with Crippen molar-refractivity contribution in [2.75, 3.05) is 26.4 Å². The van der Waals surface area contributed by atoms with E-state index < -0.39 is 45.0 Å². The van der Waals surface area contributed by atoms with Crippen molar-refractivity contribution >= 4 is 18.6 Å². The van der Waals surface area contributed by atoms with Crippen LogP contribution in [0.1, 0.15) is 0 Å². The van der Waals surface area contributed by atoms with Gasteiger partial charge in [0.25, 0.3) is 0 Å². The molecule has 92 valence electrons. The number of hydrogen-bond acceptors (Lipinski definition) is 7. The molecule has 0 rings (SSSR count). The molecule has 0 aromatic carbocycles. The Morgan fingerprint density at radius 1 is 0.688 bits per heavy atom. The fourth-order valence-corrected chi connectivity index (χ4v) is 0.535. The molecule has 0 aromatic heterocycles. The molecule has 0 unspecified atom stereocenters. The summed E-state index contributed by atoms with van der Waals surface area (Å²) in [5.74, 6) is 0. The van der Waals surface area contributed by atoms with E-state index in [2.05, 4.69) is 18.9 Å². The van der Waals surface area contributed by atoms with Crippen LogP contribution in [0.4, 0.5) is 23.2 Å². The maximum Gasteiger partial charge on any atom is 0.508 e. The molecule has 0 saturated carbocycles. The van der Waals surface area contributed by atoms with Crippen molar-refractivity contribution in [2.24, 2.45) is 0 Å². The summed E-state index contributed by atoms with van der Waals surface area (Å²) in [4.78, 5) is 29.9. The Balaban J connectivity index is 3.31. The first kappa shape index (κ1) is 14.1. The molecule has 9 heteroatoms. The Kier molecular flexibility index (Phi) is 7.37. The van der Waals surface area contributed by atoms with E-state index in [0.29, 0.717) is 0 Å². The lowest BCUT2D eigenvalue weighted by molar-refractivity contribution is 0.0222. The summed E-state index contributed by atoms with van der Waals surface area (Å²) in [6.07, 6.45) is -5.14. The Morgan fingerprint density at radius 2 is 1.00 bits per heavy atom. The molecule has 0 atom stereocenters. The van der Waals surface area contributed by atoms with E-state index in [0.717, 1.165) is 0 Å². The molecule has 0 radical (unpaired) electrons. The summed E-state index contributed by atoms with van der Waals surface area (Å²) in [5, 5.41) is 0. The number of carbonyl (C=O) groups is 3. The van der Waals surface area contributed by atoms with Gasteiger partial charge in [0.2, 0.25) is 0 Å². The summed E-state index contributed by atoms with van der Waals surface area (Å²) in [5.41, 5.74) is 0. The Labute approximate surface area is 88.2 Å². The fourth-order valence-electron chi connectivity index (χ4n) is 0.535. The van der Waals surface area contributed by atoms with Crippen LogP contribution in [0.5, 0.6) is 0 Å². The molecule has 0 aliphatic rings. The van der Waals surface area contributed by atoms with Crippen LogP contribution < -0.4 is 0 Å². The first-order chi connectivity index (χ1) is 7.52. The van der Waals surface area contributed by atoms with Crippen molar-refractivity contribution in [1.82, 2.24) is 0 Å². The van der Waals surface area contributed by atoms with E-state index in [1.807, 2.05) is 0 Å². The Bertz CT molecular complexity index is 231. The second-order valence-electron chi connectivity index (χ2n) is 2.12. The molecule has 0 N–H and O–H groups in total. The molecular weight excluding hydrogens is 234 g/mol. The number of ether oxygens (including phenoxy) is 4. The molecule has 7 nitrogen and oxygen atoms in total. The first-order valence-electron chi connectivity index (χ1n) is 3.96. The average molecular weight is 242 g/mol. The van der Waals surface area contributed by atoms with Crippen LogP contribution in [-0.2, 0) is 18.9 Å². The standard InChI is InChI=1S/C7H8F2O7/c8-5(10)13-1-3-15-7(12)16-4-2-14-6(9)11/h1-4H2. The van der Waals surface area contributed by atoms with Gasteiger partial charge in [-0.15, -0.1) is 8.78 Å². The highest BCUT2D eigenvalue weighted by atomic mass is 19.2. The summed E-state index contributed by atoms with van der Waals surface area (Å²) in [7, 11) is 0. The second-order valence-corrected chi connectivity index (χ2v) is 2.12. The minimum Gasteiger partial charge on any atom is -0.437 e. The van der Waals surface area contributed by atoms with E-state index in [-0.39, 0.29) is 0 Å². The molecule has 0 aliphatic carbocycles. The van der Waals surface area contributed by atoms with E-state index in [4.69, 9.17) is 0 Å². The maximum absolute atomic E-state index is 11.4. The van der Waals surface area contributed by atoms with Gasteiger partial charge in [0.1, 0.15) is 26.4 Å². The highest BCUT2D eigenvalue weighted by molar-refractivity contribution is 5.60. The zero-order valence-corrected chi connectivity index (χ0v) is 7.94. The van der Waals surface area contributed by atoms with Gasteiger partial charge in [0, 0.05) is 0 Å². The predicted molar refractivity (Wildman–Crippen MR) is 42.2 cm³/mol. The molecule has 0 aromatic rings. The summed E-state index contributed by atoms with van der Waals surface area (Å²) >= 11 is 0. The van der Waals surface area contributed by atoms with Crippen LogP contribution in [-0.4, -0.2) is 45.0 Å². The maximum atomic E-state index is 11.4. The summed E-state index contributed by atoms with van der Waals surface area (Å²) in [6, 6.07) is 0. The summed E-state index contributed by atoms with van der Waals surface area (Å²) in [6.45, 7) is -1.69. The number of rotatable bonds is 6. The van der Waals surface area contributed by atoms with Crippen molar-refractivity contribution in [3.05, 3.63) is 0 Å².